The average molecular weight is 263 g/mol. The number of ether oxygens (including phenoxy) is 1. The van der Waals surface area contributed by atoms with Gasteiger partial charge >= 0.3 is 0 Å². The molecule has 2 aromatic rings. The molecule has 0 amide bonds. The number of H-pyrrole nitrogens is 1. The Labute approximate surface area is 111 Å². The summed E-state index contributed by atoms with van der Waals surface area (Å²) in [6, 6.07) is 8.31. The van der Waals surface area contributed by atoms with Crippen LogP contribution in [0.25, 0.3) is 0 Å². The fraction of sp³-hybridized carbons (Fsp3) is 0.308. The number of aromatic nitrogens is 2. The Balaban J connectivity index is 1.94. The van der Waals surface area contributed by atoms with Gasteiger partial charge in [-0.15, -0.1) is 0 Å². The van der Waals surface area contributed by atoms with Crippen LogP contribution in [0, 0.1) is 0 Å². The fourth-order valence-corrected chi connectivity index (χ4v) is 2.41. The van der Waals surface area contributed by atoms with E-state index in [9.17, 15) is 0 Å². The summed E-state index contributed by atoms with van der Waals surface area (Å²) in [5, 5.41) is 4.32. The molecule has 0 aliphatic rings. The van der Waals surface area contributed by atoms with Crippen molar-refractivity contribution < 1.29 is 4.74 Å². The lowest BCUT2D eigenvalue weighted by Crippen LogP contribution is -2.08. The number of imidazole rings is 1. The van der Waals surface area contributed by atoms with Crippen LogP contribution in [0.3, 0.4) is 0 Å². The molecule has 0 aliphatic carbocycles. The zero-order valence-corrected chi connectivity index (χ0v) is 11.2. The largest absolute Gasteiger partial charge is 0.383 e. The molecule has 0 saturated carbocycles. The van der Waals surface area contributed by atoms with Crippen molar-refractivity contribution in [3.05, 3.63) is 42.2 Å². The Morgan fingerprint density at radius 2 is 2.28 bits per heavy atom. The minimum absolute atomic E-state index is 0.708. The van der Waals surface area contributed by atoms with Gasteiger partial charge in [-0.05, 0) is 11.6 Å². The third kappa shape index (κ3) is 3.78. The average Bonchev–Trinajstić information content (AvgIpc) is 2.91. The number of methoxy groups -OCH3 is 1. The van der Waals surface area contributed by atoms with E-state index in [0.717, 1.165) is 23.1 Å². The highest BCUT2D eigenvalue weighted by atomic mass is 32.2. The molecular formula is C13H17N3OS. The van der Waals surface area contributed by atoms with Gasteiger partial charge in [0.1, 0.15) is 0 Å². The number of hydrogen-bond donors (Lipinski definition) is 2. The van der Waals surface area contributed by atoms with Crippen molar-refractivity contribution in [3.63, 3.8) is 0 Å². The van der Waals surface area contributed by atoms with Crippen molar-refractivity contribution in [3.8, 4) is 0 Å². The van der Waals surface area contributed by atoms with Crippen LogP contribution >= 0.6 is 11.8 Å². The predicted octanol–water partition coefficient (Wildman–Crippen LogP) is 2.76. The maximum Gasteiger partial charge on any atom is 0.165 e. The van der Waals surface area contributed by atoms with Crippen LogP contribution in [0.4, 0.5) is 5.69 Å². The lowest BCUT2D eigenvalue weighted by Gasteiger charge is -2.10. The molecule has 2 rings (SSSR count). The van der Waals surface area contributed by atoms with E-state index >= 15 is 0 Å². The first-order chi connectivity index (χ1) is 8.90. The van der Waals surface area contributed by atoms with Crippen molar-refractivity contribution in [2.24, 2.45) is 0 Å². The first-order valence-electron chi connectivity index (χ1n) is 5.83. The summed E-state index contributed by atoms with van der Waals surface area (Å²) in [5.74, 6) is 0.893. The minimum atomic E-state index is 0.708. The third-order valence-corrected chi connectivity index (χ3v) is 3.43. The Morgan fingerprint density at radius 3 is 3.06 bits per heavy atom. The number of para-hydroxylation sites is 1. The van der Waals surface area contributed by atoms with Gasteiger partial charge in [0.15, 0.2) is 5.16 Å². The van der Waals surface area contributed by atoms with Crippen molar-refractivity contribution >= 4 is 17.4 Å². The maximum absolute atomic E-state index is 5.04. The van der Waals surface area contributed by atoms with E-state index in [1.165, 1.54) is 5.56 Å². The second kappa shape index (κ2) is 7.08. The fourth-order valence-electron chi connectivity index (χ4n) is 1.58. The van der Waals surface area contributed by atoms with Gasteiger partial charge in [-0.25, -0.2) is 4.98 Å². The highest BCUT2D eigenvalue weighted by Crippen LogP contribution is 2.24. The Bertz CT molecular complexity index is 459. The molecule has 0 fully saturated rings. The Kier molecular flexibility index (Phi) is 5.11. The van der Waals surface area contributed by atoms with Gasteiger partial charge in [-0.2, -0.15) is 0 Å². The molecule has 4 nitrogen and oxygen atoms in total. The Morgan fingerprint density at radius 1 is 1.39 bits per heavy atom. The van der Waals surface area contributed by atoms with E-state index in [0.29, 0.717) is 6.61 Å². The molecule has 2 N–H and O–H groups in total. The summed E-state index contributed by atoms with van der Waals surface area (Å²) in [5.41, 5.74) is 2.43. The zero-order chi connectivity index (χ0) is 12.6. The minimum Gasteiger partial charge on any atom is -0.383 e. The molecular weight excluding hydrogens is 246 g/mol. The summed E-state index contributed by atoms with van der Waals surface area (Å²) >= 11 is 1.70. The highest BCUT2D eigenvalue weighted by Gasteiger charge is 2.03. The second-order valence-corrected chi connectivity index (χ2v) is 4.72. The van der Waals surface area contributed by atoms with Crippen molar-refractivity contribution in [2.45, 2.75) is 10.9 Å². The van der Waals surface area contributed by atoms with Gasteiger partial charge in [-0.1, -0.05) is 30.0 Å². The van der Waals surface area contributed by atoms with Crippen LogP contribution in [-0.2, 0) is 10.5 Å². The summed E-state index contributed by atoms with van der Waals surface area (Å²) in [4.78, 5) is 7.29. The number of aromatic amines is 1. The second-order valence-electron chi connectivity index (χ2n) is 3.76. The van der Waals surface area contributed by atoms with Crippen LogP contribution < -0.4 is 5.32 Å². The lowest BCUT2D eigenvalue weighted by atomic mass is 10.2. The van der Waals surface area contributed by atoms with E-state index in [4.69, 9.17) is 4.74 Å². The first-order valence-corrected chi connectivity index (χ1v) is 6.81. The summed E-state index contributed by atoms with van der Waals surface area (Å²) in [6.45, 7) is 1.53. The molecule has 1 heterocycles. The molecule has 1 aromatic heterocycles. The van der Waals surface area contributed by atoms with Crippen molar-refractivity contribution in [1.29, 1.82) is 0 Å². The number of rotatable bonds is 7. The standard InChI is InChI=1S/C13H17N3OS/c1-17-9-8-14-12-5-3-2-4-11(12)10-18-13-15-6-7-16-13/h2-7,14H,8-10H2,1H3,(H,15,16). The van der Waals surface area contributed by atoms with Crippen LogP contribution in [0.1, 0.15) is 5.56 Å². The van der Waals surface area contributed by atoms with Gasteiger partial charge in [0.2, 0.25) is 0 Å². The van der Waals surface area contributed by atoms with Gasteiger partial charge in [0.25, 0.3) is 0 Å². The number of hydrogen-bond acceptors (Lipinski definition) is 4. The molecule has 5 heteroatoms. The number of thioether (sulfide) groups is 1. The van der Waals surface area contributed by atoms with Gasteiger partial charge in [-0.3, -0.25) is 0 Å². The monoisotopic (exact) mass is 263 g/mol. The van der Waals surface area contributed by atoms with Crippen molar-refractivity contribution in [2.75, 3.05) is 25.6 Å². The smallest absolute Gasteiger partial charge is 0.165 e. The summed E-state index contributed by atoms with van der Waals surface area (Å²) < 4.78 is 5.04. The van der Waals surface area contributed by atoms with Crippen LogP contribution in [-0.4, -0.2) is 30.2 Å². The molecule has 0 bridgehead atoms. The van der Waals surface area contributed by atoms with Crippen molar-refractivity contribution in [1.82, 2.24) is 9.97 Å². The SMILES string of the molecule is COCCNc1ccccc1CSc1ncc[nH]1. The lowest BCUT2D eigenvalue weighted by molar-refractivity contribution is 0.211. The third-order valence-electron chi connectivity index (χ3n) is 2.48. The van der Waals surface area contributed by atoms with E-state index in [2.05, 4.69) is 33.5 Å². The number of benzene rings is 1. The van der Waals surface area contributed by atoms with Gasteiger partial charge in [0.05, 0.1) is 6.61 Å². The maximum atomic E-state index is 5.04. The number of anilines is 1. The highest BCUT2D eigenvalue weighted by molar-refractivity contribution is 7.98. The predicted molar refractivity (Wildman–Crippen MR) is 75.0 cm³/mol. The summed E-state index contributed by atoms with van der Waals surface area (Å²) in [7, 11) is 1.71. The topological polar surface area (TPSA) is 49.9 Å². The molecule has 0 radical (unpaired) electrons. The first kappa shape index (κ1) is 13.0. The molecule has 96 valence electrons. The van der Waals surface area contributed by atoms with Gasteiger partial charge in [0, 0.05) is 37.5 Å². The van der Waals surface area contributed by atoms with E-state index in [-0.39, 0.29) is 0 Å². The normalized spacial score (nSPS) is 10.5. The molecule has 1 aromatic carbocycles. The molecule has 0 aliphatic heterocycles. The zero-order valence-electron chi connectivity index (χ0n) is 10.3. The Hall–Kier alpha value is -1.46. The van der Waals surface area contributed by atoms with E-state index in [1.807, 2.05) is 12.3 Å². The van der Waals surface area contributed by atoms with E-state index in [1.54, 1.807) is 25.1 Å². The van der Waals surface area contributed by atoms with Crippen LogP contribution in [0.5, 0.6) is 0 Å². The van der Waals surface area contributed by atoms with Crippen LogP contribution in [0.2, 0.25) is 0 Å². The number of nitrogens with one attached hydrogen (secondary N) is 2. The summed E-state index contributed by atoms with van der Waals surface area (Å²) in [6.07, 6.45) is 3.61. The van der Waals surface area contributed by atoms with Crippen LogP contribution in [0.15, 0.2) is 41.8 Å². The number of nitrogens with zero attached hydrogens (tertiary/aromatic N) is 1. The van der Waals surface area contributed by atoms with Gasteiger partial charge < -0.3 is 15.0 Å². The molecule has 0 saturated heterocycles. The molecule has 0 spiro atoms. The molecule has 0 unspecified atom stereocenters. The quantitative estimate of drug-likeness (QED) is 0.596. The molecule has 0 atom stereocenters. The van der Waals surface area contributed by atoms with E-state index < -0.39 is 0 Å². The molecule has 18 heavy (non-hydrogen) atoms.